The van der Waals surface area contributed by atoms with E-state index in [1.165, 1.54) is 0 Å². The Hall–Kier alpha value is -2.46. The second-order valence-corrected chi connectivity index (χ2v) is 6.48. The Labute approximate surface area is 148 Å². The molecule has 1 aliphatic rings. The molecule has 1 N–H and O–H groups in total. The Bertz CT molecular complexity index is 703. The molecule has 0 unspecified atom stereocenters. The summed E-state index contributed by atoms with van der Waals surface area (Å²) in [7, 11) is 0. The monoisotopic (exact) mass is 337 g/mol. The van der Waals surface area contributed by atoms with Crippen LogP contribution in [0, 0.1) is 5.92 Å². The summed E-state index contributed by atoms with van der Waals surface area (Å²) in [6.45, 7) is 3.80. The third-order valence-electron chi connectivity index (χ3n) is 4.98. The molecule has 0 radical (unpaired) electrons. The Balaban J connectivity index is 2.07. The van der Waals surface area contributed by atoms with Crippen molar-refractivity contribution in [3.05, 3.63) is 71.8 Å². The predicted molar refractivity (Wildman–Crippen MR) is 96.0 cm³/mol. The Morgan fingerprint density at radius 1 is 1.12 bits per heavy atom. The highest BCUT2D eigenvalue weighted by atomic mass is 16.5. The van der Waals surface area contributed by atoms with Gasteiger partial charge in [-0.25, -0.2) is 0 Å². The number of benzene rings is 2. The lowest BCUT2D eigenvalue weighted by Gasteiger charge is -2.43. The fraction of sp³-hybridized carbons (Fsp3) is 0.333. The topological polar surface area (TPSA) is 55.4 Å². The first-order chi connectivity index (χ1) is 12.1. The number of cyclic esters (lactones) is 1. The van der Waals surface area contributed by atoms with Gasteiger partial charge in [0.15, 0.2) is 0 Å². The van der Waals surface area contributed by atoms with Gasteiger partial charge in [0.2, 0.25) is 0 Å². The molecule has 2 aromatic carbocycles. The Kier molecular flexibility index (Phi) is 5.00. The van der Waals surface area contributed by atoms with E-state index in [1.54, 1.807) is 6.92 Å². The van der Waals surface area contributed by atoms with Gasteiger partial charge in [-0.1, -0.05) is 74.5 Å². The van der Waals surface area contributed by atoms with Crippen molar-refractivity contribution >= 4 is 11.8 Å². The number of rotatable bonds is 5. The zero-order valence-corrected chi connectivity index (χ0v) is 14.6. The summed E-state index contributed by atoms with van der Waals surface area (Å²) in [6, 6.07) is 19.2. The van der Waals surface area contributed by atoms with E-state index in [0.717, 1.165) is 11.1 Å². The van der Waals surface area contributed by atoms with Gasteiger partial charge in [0.25, 0.3) is 0 Å². The largest absolute Gasteiger partial charge is 0.462 e. The van der Waals surface area contributed by atoms with E-state index in [2.05, 4.69) is 5.32 Å². The first kappa shape index (κ1) is 17.4. The zero-order chi connectivity index (χ0) is 17.9. The van der Waals surface area contributed by atoms with Gasteiger partial charge in [0.1, 0.15) is 24.0 Å². The third-order valence-corrected chi connectivity index (χ3v) is 4.98. The van der Waals surface area contributed by atoms with Crippen molar-refractivity contribution in [2.75, 3.05) is 6.61 Å². The molecule has 2 aromatic rings. The van der Waals surface area contributed by atoms with E-state index in [1.807, 2.05) is 67.6 Å². The van der Waals surface area contributed by atoms with E-state index >= 15 is 0 Å². The van der Waals surface area contributed by atoms with Crippen LogP contribution in [0.4, 0.5) is 0 Å². The number of Topliss-reactive ketones (excluding diaryl/α,β-unsaturated/α-hetero) is 1. The van der Waals surface area contributed by atoms with Crippen LogP contribution >= 0.6 is 0 Å². The summed E-state index contributed by atoms with van der Waals surface area (Å²) >= 11 is 0. The normalized spacial score (nSPS) is 20.6. The number of morpholine rings is 1. The van der Waals surface area contributed by atoms with E-state index in [9.17, 15) is 9.59 Å². The minimum atomic E-state index is -0.665. The minimum Gasteiger partial charge on any atom is -0.462 e. The van der Waals surface area contributed by atoms with Gasteiger partial charge in [-0.05, 0) is 11.1 Å². The van der Waals surface area contributed by atoms with E-state index in [0.29, 0.717) is 6.42 Å². The molecule has 1 aliphatic heterocycles. The van der Waals surface area contributed by atoms with Crippen molar-refractivity contribution in [2.45, 2.75) is 31.8 Å². The van der Waals surface area contributed by atoms with E-state index in [4.69, 9.17) is 4.74 Å². The summed E-state index contributed by atoms with van der Waals surface area (Å²) in [5.41, 5.74) is 1.35. The number of carbonyl (C=O) groups is 2. The van der Waals surface area contributed by atoms with Gasteiger partial charge in [0.05, 0.1) is 0 Å². The molecule has 0 saturated carbocycles. The molecule has 3 rings (SSSR count). The van der Waals surface area contributed by atoms with Crippen molar-refractivity contribution in [2.24, 2.45) is 5.92 Å². The van der Waals surface area contributed by atoms with Crippen LogP contribution in [0.15, 0.2) is 60.7 Å². The average Bonchev–Trinajstić information content (AvgIpc) is 2.69. The predicted octanol–water partition coefficient (Wildman–Crippen LogP) is 3.06. The smallest absolute Gasteiger partial charge is 0.324 e. The van der Waals surface area contributed by atoms with Crippen molar-refractivity contribution < 1.29 is 14.3 Å². The van der Waals surface area contributed by atoms with Gasteiger partial charge in [0, 0.05) is 12.3 Å². The number of carbonyl (C=O) groups excluding carboxylic acids is 2. The number of ether oxygens (including phenoxy) is 1. The summed E-state index contributed by atoms with van der Waals surface area (Å²) in [6.07, 6.45) is 0.399. The van der Waals surface area contributed by atoms with E-state index in [-0.39, 0.29) is 18.4 Å². The first-order valence-electron chi connectivity index (χ1n) is 8.66. The van der Waals surface area contributed by atoms with Crippen molar-refractivity contribution in [1.82, 2.24) is 5.32 Å². The number of hydrogen-bond acceptors (Lipinski definition) is 4. The maximum absolute atomic E-state index is 12.4. The maximum atomic E-state index is 12.4. The fourth-order valence-corrected chi connectivity index (χ4v) is 3.42. The standard InChI is InChI=1S/C21H23NO3/c1-3-18(23)15(2)19-20(24)25-14-21(22-19,16-10-6-4-7-11-16)17-12-8-5-9-13-17/h4-13,15,19,22H,3,14H2,1-2H3/t15-,19-/m1/s1. The molecule has 25 heavy (non-hydrogen) atoms. The van der Waals surface area contributed by atoms with Gasteiger partial charge in [-0.3, -0.25) is 14.9 Å². The van der Waals surface area contributed by atoms with Crippen LogP contribution in [0.2, 0.25) is 0 Å². The van der Waals surface area contributed by atoms with Crippen molar-refractivity contribution in [1.29, 1.82) is 0 Å². The molecule has 2 atom stereocenters. The molecule has 1 heterocycles. The molecule has 0 aliphatic carbocycles. The highest BCUT2D eigenvalue weighted by Crippen LogP contribution is 2.34. The summed E-state index contributed by atoms with van der Waals surface area (Å²) < 4.78 is 5.58. The average molecular weight is 337 g/mol. The van der Waals surface area contributed by atoms with Crippen LogP contribution in [0.25, 0.3) is 0 Å². The minimum absolute atomic E-state index is 0.0476. The van der Waals surface area contributed by atoms with Crippen LogP contribution in [-0.2, 0) is 19.9 Å². The van der Waals surface area contributed by atoms with Crippen molar-refractivity contribution in [3.63, 3.8) is 0 Å². The number of ketones is 1. The second-order valence-electron chi connectivity index (χ2n) is 6.48. The summed E-state index contributed by atoms with van der Waals surface area (Å²) in [5, 5.41) is 3.47. The lowest BCUT2D eigenvalue weighted by Crippen LogP contribution is -2.62. The second kappa shape index (κ2) is 7.19. The molecule has 1 fully saturated rings. The molecular formula is C21H23NO3. The van der Waals surface area contributed by atoms with Crippen LogP contribution in [0.1, 0.15) is 31.4 Å². The molecule has 130 valence electrons. The Morgan fingerprint density at radius 2 is 1.64 bits per heavy atom. The Morgan fingerprint density at radius 3 is 2.12 bits per heavy atom. The van der Waals surface area contributed by atoms with Crippen LogP contribution in [0.3, 0.4) is 0 Å². The molecule has 1 saturated heterocycles. The summed E-state index contributed by atoms with van der Waals surface area (Å²) in [4.78, 5) is 24.6. The quantitative estimate of drug-likeness (QED) is 0.852. The van der Waals surface area contributed by atoms with Crippen LogP contribution in [-0.4, -0.2) is 24.4 Å². The number of nitrogens with one attached hydrogen (secondary N) is 1. The lowest BCUT2D eigenvalue weighted by atomic mass is 9.80. The fourth-order valence-electron chi connectivity index (χ4n) is 3.42. The molecule has 0 amide bonds. The van der Waals surface area contributed by atoms with Gasteiger partial charge >= 0.3 is 5.97 Å². The molecule has 0 bridgehead atoms. The highest BCUT2D eigenvalue weighted by Gasteiger charge is 2.46. The van der Waals surface area contributed by atoms with Gasteiger partial charge < -0.3 is 4.74 Å². The van der Waals surface area contributed by atoms with Gasteiger partial charge in [-0.15, -0.1) is 0 Å². The summed E-state index contributed by atoms with van der Waals surface area (Å²) in [5.74, 6) is -0.757. The first-order valence-corrected chi connectivity index (χ1v) is 8.66. The maximum Gasteiger partial charge on any atom is 0.324 e. The lowest BCUT2D eigenvalue weighted by molar-refractivity contribution is -0.158. The number of esters is 1. The molecule has 0 spiro atoms. The third kappa shape index (κ3) is 3.22. The SMILES string of the molecule is CCC(=O)[C@@H](C)[C@H]1NC(c2ccccc2)(c2ccccc2)COC1=O. The molecular weight excluding hydrogens is 314 g/mol. The molecule has 0 aromatic heterocycles. The van der Waals surface area contributed by atoms with Crippen molar-refractivity contribution in [3.8, 4) is 0 Å². The van der Waals surface area contributed by atoms with E-state index < -0.39 is 17.5 Å². The zero-order valence-electron chi connectivity index (χ0n) is 14.6. The molecule has 4 nitrogen and oxygen atoms in total. The van der Waals surface area contributed by atoms with Crippen LogP contribution < -0.4 is 5.32 Å². The molecule has 4 heteroatoms. The van der Waals surface area contributed by atoms with Gasteiger partial charge in [-0.2, -0.15) is 0 Å². The van der Waals surface area contributed by atoms with Crippen LogP contribution in [0.5, 0.6) is 0 Å². The number of hydrogen-bond donors (Lipinski definition) is 1. The highest BCUT2D eigenvalue weighted by molar-refractivity contribution is 5.89.